The number of esters is 1. The molecule has 0 aliphatic carbocycles. The number of ether oxygens (including phenoxy) is 4. The van der Waals surface area contributed by atoms with Gasteiger partial charge in [-0.1, -0.05) is 51.1 Å². The second-order valence-electron chi connectivity index (χ2n) is 12.7. The van der Waals surface area contributed by atoms with Gasteiger partial charge in [-0.3, -0.25) is 4.79 Å². The van der Waals surface area contributed by atoms with Crippen LogP contribution >= 0.6 is 0 Å². The van der Waals surface area contributed by atoms with Gasteiger partial charge >= 0.3 is 5.97 Å². The Hall–Kier alpha value is -3.90. The Morgan fingerprint density at radius 1 is 1.10 bits per heavy atom. The molecule has 49 heavy (non-hydrogen) atoms. The number of rotatable bonds is 16. The van der Waals surface area contributed by atoms with E-state index in [9.17, 15) is 14.7 Å². The first-order chi connectivity index (χ1) is 23.8. The number of nitrogens with two attached hydrogens (primary N) is 1. The number of carbonyl (C=O) groups excluding carboxylic acids is 2. The van der Waals surface area contributed by atoms with Gasteiger partial charge in [-0.25, -0.2) is 4.79 Å². The number of aliphatic hydroxyl groups is 1. The number of morpholine rings is 1. The Kier molecular flexibility index (Phi) is 15.0. The van der Waals surface area contributed by atoms with Crippen LogP contribution in [-0.2, 0) is 30.2 Å². The highest BCUT2D eigenvalue weighted by molar-refractivity contribution is 5.85. The lowest BCUT2D eigenvalue weighted by Crippen LogP contribution is -2.54. The van der Waals surface area contributed by atoms with Crippen LogP contribution in [0.4, 0.5) is 0 Å². The van der Waals surface area contributed by atoms with Crippen LogP contribution < -0.4 is 21.1 Å². The van der Waals surface area contributed by atoms with Gasteiger partial charge in [0.25, 0.3) is 0 Å². The van der Waals surface area contributed by atoms with E-state index in [2.05, 4.69) is 40.7 Å². The number of benzene rings is 2. The van der Waals surface area contributed by atoms with Crippen LogP contribution in [0.3, 0.4) is 0 Å². The molecule has 2 aliphatic rings. The Morgan fingerprint density at radius 3 is 2.43 bits per heavy atom. The van der Waals surface area contributed by atoms with Crippen LogP contribution in [0, 0.1) is 5.92 Å². The molecule has 5 N–H and O–H groups in total. The number of nitrogens with one attached hydrogen (secondary N) is 2. The number of carbonyl (C=O) groups is 2. The van der Waals surface area contributed by atoms with Crippen molar-refractivity contribution in [2.24, 2.45) is 11.7 Å². The van der Waals surface area contributed by atoms with E-state index in [0.29, 0.717) is 44.9 Å². The third kappa shape index (κ3) is 10.8. The van der Waals surface area contributed by atoms with Crippen LogP contribution in [0.25, 0.3) is 0 Å². The van der Waals surface area contributed by atoms with Crippen LogP contribution in [0.5, 0.6) is 11.5 Å². The molecule has 2 aliphatic heterocycles. The summed E-state index contributed by atoms with van der Waals surface area (Å²) in [7, 11) is 0. The highest BCUT2D eigenvalue weighted by Crippen LogP contribution is 2.33. The number of allylic oxidation sites excluding steroid dienone is 1. The molecule has 11 heteroatoms. The lowest BCUT2D eigenvalue weighted by molar-refractivity contribution is -0.159. The molecule has 2 saturated heterocycles. The fourth-order valence-corrected chi connectivity index (χ4v) is 6.19. The molecule has 4 rings (SSSR count). The van der Waals surface area contributed by atoms with Crippen LogP contribution in [-0.4, -0.2) is 92.7 Å². The first kappa shape index (κ1) is 37.9. The van der Waals surface area contributed by atoms with Gasteiger partial charge in [0.1, 0.15) is 36.0 Å². The van der Waals surface area contributed by atoms with Crippen molar-refractivity contribution in [3.63, 3.8) is 0 Å². The monoisotopic (exact) mass is 678 g/mol. The Bertz CT molecular complexity index is 1390. The molecular formula is C38H54N4O7. The zero-order valence-corrected chi connectivity index (χ0v) is 29.4. The quantitative estimate of drug-likeness (QED) is 0.152. The summed E-state index contributed by atoms with van der Waals surface area (Å²) in [5, 5.41) is 15.5. The molecule has 0 spiro atoms. The number of aliphatic hydroxyl groups excluding tert-OH is 1. The van der Waals surface area contributed by atoms with E-state index in [1.165, 1.54) is 5.56 Å². The largest absolute Gasteiger partial charge is 0.490 e. The van der Waals surface area contributed by atoms with Gasteiger partial charge in [0.2, 0.25) is 5.91 Å². The molecule has 2 fully saturated rings. The second kappa shape index (κ2) is 19.3. The predicted molar refractivity (Wildman–Crippen MR) is 189 cm³/mol. The molecule has 2 aromatic carbocycles. The molecular weight excluding hydrogens is 624 g/mol. The number of hydrogen-bond donors (Lipinski definition) is 4. The van der Waals surface area contributed by atoms with Crippen LogP contribution in [0.2, 0.25) is 0 Å². The maximum atomic E-state index is 13.5. The zero-order chi connectivity index (χ0) is 35.2. The molecule has 1 amide bonds. The lowest BCUT2D eigenvalue weighted by atomic mass is 9.85. The molecule has 2 aromatic rings. The molecule has 4 atom stereocenters. The van der Waals surface area contributed by atoms with Gasteiger partial charge in [-0.05, 0) is 73.6 Å². The smallest absolute Gasteiger partial charge is 0.329 e. The summed E-state index contributed by atoms with van der Waals surface area (Å²) in [5.41, 5.74) is 8.72. The van der Waals surface area contributed by atoms with Crippen molar-refractivity contribution in [3.8, 4) is 11.5 Å². The van der Waals surface area contributed by atoms with E-state index in [4.69, 9.17) is 24.7 Å². The summed E-state index contributed by atoms with van der Waals surface area (Å²) in [5.74, 6) is 0.898. The highest BCUT2D eigenvalue weighted by atomic mass is 16.6. The number of aryl methyl sites for hydroxylation is 1. The van der Waals surface area contributed by atoms with E-state index >= 15 is 0 Å². The third-order valence-electron chi connectivity index (χ3n) is 8.86. The summed E-state index contributed by atoms with van der Waals surface area (Å²) in [6.45, 7) is 11.3. The molecule has 0 unspecified atom stereocenters. The fraction of sp³-hybridized carbons (Fsp3) is 0.526. The SMILES string of the molecule is C/C=C1/OCCN(CCCO)/C1=C/CCO[C@H]1CNC[C@@H](OC(=O)[C@@H](NC(=O)CN)C(C)C)[C@@H]1c1ccc(Oc2ccc(CC)cc2)cc1. The third-order valence-corrected chi connectivity index (χ3v) is 8.86. The van der Waals surface area contributed by atoms with Gasteiger partial charge in [0.05, 0.1) is 31.5 Å². The molecule has 2 heterocycles. The summed E-state index contributed by atoms with van der Waals surface area (Å²) >= 11 is 0. The summed E-state index contributed by atoms with van der Waals surface area (Å²) in [4.78, 5) is 27.8. The summed E-state index contributed by atoms with van der Waals surface area (Å²) in [6.07, 6.45) is 5.52. The zero-order valence-electron chi connectivity index (χ0n) is 29.4. The van der Waals surface area contributed by atoms with Gasteiger partial charge in [-0.15, -0.1) is 0 Å². The van der Waals surface area contributed by atoms with Crippen molar-refractivity contribution in [3.05, 3.63) is 83.3 Å². The van der Waals surface area contributed by atoms with Crippen LogP contribution in [0.15, 0.2) is 72.1 Å². The van der Waals surface area contributed by atoms with Crippen molar-refractivity contribution in [2.75, 3.05) is 52.5 Å². The van der Waals surface area contributed by atoms with Crippen molar-refractivity contribution in [2.45, 2.75) is 71.1 Å². The first-order valence-corrected chi connectivity index (χ1v) is 17.5. The molecule has 11 nitrogen and oxygen atoms in total. The minimum absolute atomic E-state index is 0.136. The maximum Gasteiger partial charge on any atom is 0.329 e. The number of amides is 1. The predicted octanol–water partition coefficient (Wildman–Crippen LogP) is 4.02. The van der Waals surface area contributed by atoms with Crippen molar-refractivity contribution in [1.82, 2.24) is 15.5 Å². The van der Waals surface area contributed by atoms with E-state index in [1.807, 2.05) is 63.2 Å². The topological polar surface area (TPSA) is 145 Å². The van der Waals surface area contributed by atoms with Gasteiger partial charge in [0.15, 0.2) is 0 Å². The number of piperidine rings is 1. The van der Waals surface area contributed by atoms with Gasteiger partial charge in [0, 0.05) is 32.2 Å². The van der Waals surface area contributed by atoms with E-state index in [1.54, 1.807) is 0 Å². The van der Waals surface area contributed by atoms with Crippen LogP contribution in [0.1, 0.15) is 57.6 Å². The molecule has 0 saturated carbocycles. The molecule has 0 aromatic heterocycles. The van der Waals surface area contributed by atoms with Crippen molar-refractivity contribution >= 4 is 11.9 Å². The standard InChI is InChI=1S/C38H54N4O7/c1-5-27-10-14-29(15-11-27)48-30-16-12-28(13-17-30)36-33(24-40-25-34(36)49-38(45)37(26(3)4)41-35(44)23-39)46-21-7-9-31-32(6-2)47-22-19-42(31)18-8-20-43/h6,9-17,26,33-34,36-37,40,43H,5,7-8,18-25,39H2,1-4H3,(H,41,44)/b31-9+,32-6+/t33-,34+,36+,37-/m0/s1. The average Bonchev–Trinajstić information content (AvgIpc) is 3.12. The lowest BCUT2D eigenvalue weighted by Gasteiger charge is -2.39. The first-order valence-electron chi connectivity index (χ1n) is 17.5. The average molecular weight is 679 g/mol. The Balaban J connectivity index is 1.53. The molecule has 268 valence electrons. The number of nitrogens with zero attached hydrogens (tertiary/aromatic N) is 1. The van der Waals surface area contributed by atoms with E-state index < -0.39 is 24.0 Å². The molecule has 0 radical (unpaired) electrons. The minimum atomic E-state index is -0.827. The number of hydrogen-bond acceptors (Lipinski definition) is 10. The normalized spacial score (nSPS) is 21.8. The fourth-order valence-electron chi connectivity index (χ4n) is 6.19. The minimum Gasteiger partial charge on any atom is -0.490 e. The Labute approximate surface area is 290 Å². The Morgan fingerprint density at radius 2 is 1.80 bits per heavy atom. The van der Waals surface area contributed by atoms with Gasteiger partial charge < -0.3 is 45.3 Å². The van der Waals surface area contributed by atoms with Gasteiger partial charge in [-0.2, -0.15) is 0 Å². The van der Waals surface area contributed by atoms with Crippen molar-refractivity contribution < 1.29 is 33.6 Å². The summed E-state index contributed by atoms with van der Waals surface area (Å²) in [6, 6.07) is 15.1. The highest BCUT2D eigenvalue weighted by Gasteiger charge is 2.39. The van der Waals surface area contributed by atoms with Crippen molar-refractivity contribution in [1.29, 1.82) is 0 Å². The second-order valence-corrected chi connectivity index (χ2v) is 12.7. The summed E-state index contributed by atoms with van der Waals surface area (Å²) < 4.78 is 24.7. The van der Waals surface area contributed by atoms with E-state index in [-0.39, 0.29) is 31.1 Å². The van der Waals surface area contributed by atoms with E-state index in [0.717, 1.165) is 42.3 Å². The maximum absolute atomic E-state index is 13.5. The molecule has 0 bridgehead atoms.